The number of pyridine rings is 1. The van der Waals surface area contributed by atoms with Crippen molar-refractivity contribution in [1.29, 1.82) is 0 Å². The van der Waals surface area contributed by atoms with Crippen LogP contribution in [0.25, 0.3) is 0 Å². The summed E-state index contributed by atoms with van der Waals surface area (Å²) < 4.78 is 7.44. The largest absolute Gasteiger partial charge is 0.381 e. The molecule has 1 aliphatic heterocycles. The van der Waals surface area contributed by atoms with Gasteiger partial charge in [-0.25, -0.2) is 0 Å². The minimum Gasteiger partial charge on any atom is -0.381 e. The highest BCUT2D eigenvalue weighted by Gasteiger charge is 2.17. The molecule has 3 rings (SSSR count). The maximum Gasteiger partial charge on any atom is 0.252 e. The summed E-state index contributed by atoms with van der Waals surface area (Å²) in [5.41, 5.74) is 3.07. The lowest BCUT2D eigenvalue weighted by molar-refractivity contribution is 0.0956. The molecule has 22 heavy (non-hydrogen) atoms. The number of nitrogens with one attached hydrogen (secondary N) is 1. The van der Waals surface area contributed by atoms with Gasteiger partial charge < -0.3 is 14.6 Å². The fourth-order valence-corrected chi connectivity index (χ4v) is 2.86. The van der Waals surface area contributed by atoms with Gasteiger partial charge in [0.15, 0.2) is 0 Å². The zero-order valence-electron chi connectivity index (χ0n) is 12.9. The first-order chi connectivity index (χ1) is 10.7. The number of hydrogen-bond acceptors (Lipinski definition) is 3. The third-order valence-electron chi connectivity index (χ3n) is 4.08. The molecule has 0 spiro atoms. The van der Waals surface area contributed by atoms with Crippen LogP contribution in [0.1, 0.15) is 24.1 Å². The molecule has 1 aliphatic rings. The molecule has 2 aromatic rings. The zero-order valence-corrected chi connectivity index (χ0v) is 12.9. The van der Waals surface area contributed by atoms with Crippen molar-refractivity contribution in [3.8, 4) is 0 Å². The van der Waals surface area contributed by atoms with Crippen molar-refractivity contribution in [2.75, 3.05) is 11.9 Å². The summed E-state index contributed by atoms with van der Waals surface area (Å²) in [6.45, 7) is 4.17. The molecule has 2 heterocycles. The molecule has 1 N–H and O–H groups in total. The Morgan fingerprint density at radius 2 is 2.09 bits per heavy atom. The van der Waals surface area contributed by atoms with Crippen molar-refractivity contribution < 1.29 is 4.74 Å². The summed E-state index contributed by atoms with van der Waals surface area (Å²) in [5, 5.41) is 3.32. The van der Waals surface area contributed by atoms with E-state index in [9.17, 15) is 4.79 Å². The first kappa shape index (κ1) is 14.9. The second kappa shape index (κ2) is 6.79. The Kier molecular flexibility index (Phi) is 4.59. The number of aryl methyl sites for hydroxylation is 1. The van der Waals surface area contributed by atoms with Gasteiger partial charge in [0.05, 0.1) is 12.6 Å². The highest BCUT2D eigenvalue weighted by Crippen LogP contribution is 2.15. The Balaban J connectivity index is 1.70. The number of anilines is 1. The lowest BCUT2D eigenvalue weighted by Gasteiger charge is -2.16. The van der Waals surface area contributed by atoms with E-state index in [1.807, 2.05) is 35.8 Å². The molecule has 1 fully saturated rings. The van der Waals surface area contributed by atoms with Crippen molar-refractivity contribution in [3.63, 3.8) is 0 Å². The van der Waals surface area contributed by atoms with E-state index < -0.39 is 0 Å². The third-order valence-corrected chi connectivity index (χ3v) is 4.08. The van der Waals surface area contributed by atoms with E-state index in [0.29, 0.717) is 6.54 Å². The molecule has 0 saturated carbocycles. The molecule has 4 heteroatoms. The number of aromatic nitrogens is 1. The fourth-order valence-electron chi connectivity index (χ4n) is 2.86. The normalized spacial score (nSPS) is 17.6. The summed E-state index contributed by atoms with van der Waals surface area (Å²) in [6, 6.07) is 13.9. The molecule has 0 unspecified atom stereocenters. The van der Waals surface area contributed by atoms with Crippen LogP contribution in [0.5, 0.6) is 0 Å². The molecule has 0 radical (unpaired) electrons. The van der Waals surface area contributed by atoms with Gasteiger partial charge in [0, 0.05) is 30.6 Å². The van der Waals surface area contributed by atoms with Gasteiger partial charge in [0.2, 0.25) is 0 Å². The summed E-state index contributed by atoms with van der Waals surface area (Å²) in [7, 11) is 0. The minimum atomic E-state index is 0.0334. The molecule has 0 bridgehead atoms. The van der Waals surface area contributed by atoms with Crippen molar-refractivity contribution in [2.45, 2.75) is 39.0 Å². The summed E-state index contributed by atoms with van der Waals surface area (Å²) >= 11 is 0. The van der Waals surface area contributed by atoms with Gasteiger partial charge in [0.25, 0.3) is 5.56 Å². The summed E-state index contributed by atoms with van der Waals surface area (Å²) in [4.78, 5) is 12.3. The highest BCUT2D eigenvalue weighted by molar-refractivity contribution is 5.44. The molecule has 0 aliphatic carbocycles. The van der Waals surface area contributed by atoms with Gasteiger partial charge in [-0.1, -0.05) is 30.3 Å². The zero-order chi connectivity index (χ0) is 15.4. The predicted octanol–water partition coefficient (Wildman–Crippen LogP) is 2.95. The van der Waals surface area contributed by atoms with Crippen LogP contribution in [0.2, 0.25) is 0 Å². The average Bonchev–Trinajstić information content (AvgIpc) is 3.03. The topological polar surface area (TPSA) is 43.3 Å². The van der Waals surface area contributed by atoms with Crippen LogP contribution in [0.3, 0.4) is 0 Å². The fraction of sp³-hybridized carbons (Fsp3) is 0.389. The third kappa shape index (κ3) is 3.57. The van der Waals surface area contributed by atoms with Gasteiger partial charge in [-0.2, -0.15) is 0 Å². The molecule has 1 aromatic heterocycles. The van der Waals surface area contributed by atoms with E-state index >= 15 is 0 Å². The van der Waals surface area contributed by atoms with E-state index in [1.165, 1.54) is 5.56 Å². The SMILES string of the molecule is Cc1cc(NCc2ccccc2)cc(=O)n1C[C@@H]1CCCO1. The second-order valence-corrected chi connectivity index (χ2v) is 5.81. The number of nitrogens with zero attached hydrogens (tertiary/aromatic N) is 1. The molecule has 1 atom stereocenters. The predicted molar refractivity (Wildman–Crippen MR) is 88.2 cm³/mol. The summed E-state index contributed by atoms with van der Waals surface area (Å²) in [5.74, 6) is 0. The van der Waals surface area contributed by atoms with Crippen LogP contribution in [-0.4, -0.2) is 17.3 Å². The van der Waals surface area contributed by atoms with E-state index in [0.717, 1.165) is 37.4 Å². The Bertz CT molecular complexity index is 673. The van der Waals surface area contributed by atoms with Gasteiger partial charge >= 0.3 is 0 Å². The smallest absolute Gasteiger partial charge is 0.252 e. The van der Waals surface area contributed by atoms with Gasteiger partial charge in [-0.3, -0.25) is 4.79 Å². The van der Waals surface area contributed by atoms with Gasteiger partial charge in [0.1, 0.15) is 0 Å². The maximum atomic E-state index is 12.3. The number of hydrogen-bond donors (Lipinski definition) is 1. The standard InChI is InChI=1S/C18H22N2O2/c1-14-10-16(19-12-15-6-3-2-4-7-15)11-18(21)20(14)13-17-8-5-9-22-17/h2-4,6-7,10-11,17,19H,5,8-9,12-13H2,1H3/t17-/m0/s1. The number of benzene rings is 1. The van der Waals surface area contributed by atoms with Crippen molar-refractivity contribution >= 4 is 5.69 Å². The number of ether oxygens (including phenoxy) is 1. The molecule has 4 nitrogen and oxygen atoms in total. The van der Waals surface area contributed by atoms with E-state index in [4.69, 9.17) is 4.74 Å². The molecular formula is C18H22N2O2. The molecule has 1 saturated heterocycles. The van der Waals surface area contributed by atoms with Crippen molar-refractivity contribution in [3.05, 3.63) is 64.1 Å². The van der Waals surface area contributed by atoms with Gasteiger partial charge in [-0.05, 0) is 31.4 Å². The number of rotatable bonds is 5. The lowest BCUT2D eigenvalue weighted by atomic mass is 10.2. The molecule has 116 valence electrons. The van der Waals surface area contributed by atoms with Crippen molar-refractivity contribution in [1.82, 2.24) is 4.57 Å². The summed E-state index contributed by atoms with van der Waals surface area (Å²) in [6.07, 6.45) is 2.31. The quantitative estimate of drug-likeness (QED) is 0.923. The lowest BCUT2D eigenvalue weighted by Crippen LogP contribution is -2.28. The van der Waals surface area contributed by atoms with Crippen LogP contribution in [0, 0.1) is 6.92 Å². The van der Waals surface area contributed by atoms with Crippen LogP contribution >= 0.6 is 0 Å². The molecular weight excluding hydrogens is 276 g/mol. The minimum absolute atomic E-state index is 0.0334. The average molecular weight is 298 g/mol. The Hall–Kier alpha value is -2.07. The molecule has 0 amide bonds. The van der Waals surface area contributed by atoms with Crippen LogP contribution in [0.15, 0.2) is 47.3 Å². The van der Waals surface area contributed by atoms with Crippen molar-refractivity contribution in [2.24, 2.45) is 0 Å². The Morgan fingerprint density at radius 1 is 1.27 bits per heavy atom. The highest BCUT2D eigenvalue weighted by atomic mass is 16.5. The Labute approximate surface area is 130 Å². The van der Waals surface area contributed by atoms with Crippen LogP contribution in [-0.2, 0) is 17.8 Å². The first-order valence-corrected chi connectivity index (χ1v) is 7.83. The Morgan fingerprint density at radius 3 is 2.77 bits per heavy atom. The second-order valence-electron chi connectivity index (χ2n) is 5.81. The van der Waals surface area contributed by atoms with E-state index in [2.05, 4.69) is 17.4 Å². The monoisotopic (exact) mass is 298 g/mol. The first-order valence-electron chi connectivity index (χ1n) is 7.83. The van der Waals surface area contributed by atoms with Crippen LogP contribution in [0.4, 0.5) is 5.69 Å². The van der Waals surface area contributed by atoms with E-state index in [-0.39, 0.29) is 11.7 Å². The van der Waals surface area contributed by atoms with Gasteiger partial charge in [-0.15, -0.1) is 0 Å². The van der Waals surface area contributed by atoms with Crippen LogP contribution < -0.4 is 10.9 Å². The molecule has 1 aromatic carbocycles. The maximum absolute atomic E-state index is 12.3. The van der Waals surface area contributed by atoms with E-state index in [1.54, 1.807) is 6.07 Å².